The summed E-state index contributed by atoms with van der Waals surface area (Å²) < 4.78 is 23.7. The van der Waals surface area contributed by atoms with E-state index >= 15 is 0 Å². The first kappa shape index (κ1) is 24.3. The molecule has 6 nitrogen and oxygen atoms in total. The van der Waals surface area contributed by atoms with E-state index in [0.29, 0.717) is 19.0 Å². The zero-order chi connectivity index (χ0) is 25.1. The lowest BCUT2D eigenvalue weighted by molar-refractivity contribution is -0.0784. The topological polar surface area (TPSA) is 60.4 Å². The maximum absolute atomic E-state index is 11.3. The van der Waals surface area contributed by atoms with Gasteiger partial charge < -0.3 is 24.1 Å². The van der Waals surface area contributed by atoms with E-state index in [1.54, 1.807) is 0 Å². The van der Waals surface area contributed by atoms with E-state index in [1.165, 1.54) is 5.56 Å². The van der Waals surface area contributed by atoms with E-state index in [0.717, 1.165) is 47.0 Å². The maximum atomic E-state index is 11.3. The van der Waals surface area contributed by atoms with Crippen LogP contribution in [0.5, 0.6) is 23.0 Å². The third kappa shape index (κ3) is 4.36. The highest BCUT2D eigenvalue weighted by atomic mass is 16.7. The second kappa shape index (κ2) is 8.59. The lowest BCUT2D eigenvalue weighted by atomic mass is 9.72. The Morgan fingerprint density at radius 1 is 0.829 bits per heavy atom. The summed E-state index contributed by atoms with van der Waals surface area (Å²) in [6, 6.07) is 8.50. The van der Waals surface area contributed by atoms with E-state index in [1.807, 2.05) is 6.07 Å². The molecule has 0 amide bonds. The van der Waals surface area contributed by atoms with E-state index in [2.05, 4.69) is 71.6 Å². The summed E-state index contributed by atoms with van der Waals surface area (Å²) in [5.41, 5.74) is 3.86. The summed E-state index contributed by atoms with van der Waals surface area (Å²) in [4.78, 5) is 2.39. The monoisotopic (exact) mass is 481 g/mol. The van der Waals surface area contributed by atoms with Crippen molar-refractivity contribution in [2.45, 2.75) is 71.4 Å². The van der Waals surface area contributed by atoms with E-state index in [9.17, 15) is 5.11 Å². The van der Waals surface area contributed by atoms with Gasteiger partial charge in [-0.3, -0.25) is 4.90 Å². The van der Waals surface area contributed by atoms with Crippen molar-refractivity contribution in [3.63, 3.8) is 0 Å². The molecule has 6 heteroatoms. The Morgan fingerprint density at radius 3 is 1.97 bits per heavy atom. The van der Waals surface area contributed by atoms with Crippen molar-refractivity contribution in [3.8, 4) is 23.0 Å². The van der Waals surface area contributed by atoms with Gasteiger partial charge in [-0.15, -0.1) is 0 Å². The van der Waals surface area contributed by atoms with Gasteiger partial charge >= 0.3 is 0 Å². The number of hydrogen-bond acceptors (Lipinski definition) is 6. The highest BCUT2D eigenvalue weighted by molar-refractivity contribution is 5.58. The van der Waals surface area contributed by atoms with Gasteiger partial charge in [0, 0.05) is 36.6 Å². The quantitative estimate of drug-likeness (QED) is 0.608. The molecule has 0 bridgehead atoms. The van der Waals surface area contributed by atoms with Crippen LogP contribution in [0.2, 0.25) is 0 Å². The van der Waals surface area contributed by atoms with Crippen LogP contribution in [0.25, 0.3) is 0 Å². The first-order valence-corrected chi connectivity index (χ1v) is 12.7. The lowest BCUT2D eigenvalue weighted by Crippen LogP contribution is -2.52. The average molecular weight is 482 g/mol. The summed E-state index contributed by atoms with van der Waals surface area (Å²) in [6.45, 7) is 18.6. The first-order chi connectivity index (χ1) is 16.4. The minimum Gasteiger partial charge on any atom is -0.507 e. The Labute approximate surface area is 209 Å². The molecular weight excluding hydrogens is 442 g/mol. The number of phenolic OH excluding ortho intramolecular Hbond substituents is 1. The van der Waals surface area contributed by atoms with E-state index in [-0.39, 0.29) is 35.7 Å². The highest BCUT2D eigenvalue weighted by Crippen LogP contribution is 2.51. The number of hydrogen-bond donors (Lipinski definition) is 1. The molecule has 190 valence electrons. The standard InChI is InChI=1S/C29H39NO5/c1-17-25(18-12-20(28(2,3)4)26(31)21(13-18)29(5,6)7)19-14-23-24(34-16-33-23)15-22(19)35-27(17)30-8-10-32-11-9-30/h12-15,17,25,27,31H,8-11,16H2,1-7H3/t17-,25-,27-/m0/s1. The summed E-state index contributed by atoms with van der Waals surface area (Å²) in [5.74, 6) is 2.99. The number of aromatic hydroxyl groups is 1. The summed E-state index contributed by atoms with van der Waals surface area (Å²) in [6.07, 6.45) is -0.0817. The van der Waals surface area contributed by atoms with Crippen LogP contribution in [0.3, 0.4) is 0 Å². The molecule has 1 fully saturated rings. The normalized spacial score (nSPS) is 24.7. The highest BCUT2D eigenvalue weighted by Gasteiger charge is 2.42. The fourth-order valence-electron chi connectivity index (χ4n) is 5.67. The van der Waals surface area contributed by atoms with Crippen LogP contribution < -0.4 is 14.2 Å². The fourth-order valence-corrected chi connectivity index (χ4v) is 5.67. The molecule has 3 aliphatic heterocycles. The lowest BCUT2D eigenvalue weighted by Gasteiger charge is -2.45. The molecule has 0 radical (unpaired) electrons. The molecule has 0 unspecified atom stereocenters. The van der Waals surface area contributed by atoms with Crippen molar-refractivity contribution in [3.05, 3.63) is 46.5 Å². The predicted octanol–water partition coefficient (Wildman–Crippen LogP) is 5.53. The van der Waals surface area contributed by atoms with Gasteiger partial charge in [-0.05, 0) is 33.6 Å². The molecule has 0 aliphatic carbocycles. The molecule has 1 saturated heterocycles. The zero-order valence-corrected chi connectivity index (χ0v) is 22.1. The van der Waals surface area contributed by atoms with Crippen molar-refractivity contribution < 1.29 is 24.1 Å². The Hall–Kier alpha value is -2.44. The van der Waals surface area contributed by atoms with Crippen LogP contribution in [0.4, 0.5) is 0 Å². The SMILES string of the molecule is C[C@H]1[C@@H](c2cc(C(C)(C)C)c(O)c(C(C)(C)C)c2)c2cc3c(cc2O[C@@H]1N1CCOCC1)OCO3. The minimum absolute atomic E-state index is 0.0731. The zero-order valence-electron chi connectivity index (χ0n) is 22.1. The second-order valence-corrected chi connectivity index (χ2v) is 12.2. The van der Waals surface area contributed by atoms with Gasteiger partial charge in [0.2, 0.25) is 6.79 Å². The molecule has 2 aromatic carbocycles. The fraction of sp³-hybridized carbons (Fsp3) is 0.586. The Bertz CT molecular complexity index is 1070. The summed E-state index contributed by atoms with van der Waals surface area (Å²) in [5, 5.41) is 11.3. The number of nitrogens with zero attached hydrogens (tertiary/aromatic N) is 1. The molecule has 0 aromatic heterocycles. The Balaban J connectivity index is 1.70. The summed E-state index contributed by atoms with van der Waals surface area (Å²) >= 11 is 0. The molecule has 3 aliphatic rings. The first-order valence-electron chi connectivity index (χ1n) is 12.7. The van der Waals surface area contributed by atoms with Gasteiger partial charge in [0.15, 0.2) is 17.7 Å². The van der Waals surface area contributed by atoms with Crippen LogP contribution in [0, 0.1) is 5.92 Å². The van der Waals surface area contributed by atoms with Crippen molar-refractivity contribution in [2.24, 2.45) is 5.92 Å². The third-order valence-corrected chi connectivity index (χ3v) is 7.58. The molecule has 3 atom stereocenters. The molecule has 35 heavy (non-hydrogen) atoms. The Morgan fingerprint density at radius 2 is 1.40 bits per heavy atom. The van der Waals surface area contributed by atoms with E-state index in [4.69, 9.17) is 18.9 Å². The van der Waals surface area contributed by atoms with Crippen LogP contribution >= 0.6 is 0 Å². The van der Waals surface area contributed by atoms with E-state index < -0.39 is 0 Å². The number of fused-ring (bicyclic) bond motifs is 2. The van der Waals surface area contributed by atoms with Crippen LogP contribution in [-0.4, -0.2) is 49.3 Å². The minimum atomic E-state index is -0.199. The number of phenols is 1. The van der Waals surface area contributed by atoms with Crippen LogP contribution in [-0.2, 0) is 15.6 Å². The molecule has 3 heterocycles. The second-order valence-electron chi connectivity index (χ2n) is 12.2. The van der Waals surface area contributed by atoms with Crippen molar-refractivity contribution in [2.75, 3.05) is 33.1 Å². The summed E-state index contributed by atoms with van der Waals surface area (Å²) in [7, 11) is 0. The average Bonchev–Trinajstić information content (AvgIpc) is 3.24. The van der Waals surface area contributed by atoms with Gasteiger partial charge in [-0.1, -0.05) is 60.6 Å². The smallest absolute Gasteiger partial charge is 0.231 e. The van der Waals surface area contributed by atoms with Crippen molar-refractivity contribution in [1.82, 2.24) is 4.90 Å². The van der Waals surface area contributed by atoms with Gasteiger partial charge in [-0.2, -0.15) is 0 Å². The van der Waals surface area contributed by atoms with Crippen molar-refractivity contribution in [1.29, 1.82) is 0 Å². The van der Waals surface area contributed by atoms with Gasteiger partial charge in [-0.25, -0.2) is 0 Å². The van der Waals surface area contributed by atoms with Crippen molar-refractivity contribution >= 4 is 0 Å². The Kier molecular flexibility index (Phi) is 5.96. The number of morpholine rings is 1. The molecule has 2 aromatic rings. The molecular formula is C29H39NO5. The largest absolute Gasteiger partial charge is 0.507 e. The molecule has 0 spiro atoms. The molecule has 0 saturated carbocycles. The van der Waals surface area contributed by atoms with Gasteiger partial charge in [0.25, 0.3) is 0 Å². The number of rotatable bonds is 2. The molecule has 5 rings (SSSR count). The maximum Gasteiger partial charge on any atom is 0.231 e. The van der Waals surface area contributed by atoms with Crippen LogP contribution in [0.1, 0.15) is 76.6 Å². The van der Waals surface area contributed by atoms with Gasteiger partial charge in [0.1, 0.15) is 11.5 Å². The number of benzene rings is 2. The third-order valence-electron chi connectivity index (χ3n) is 7.58. The predicted molar refractivity (Wildman–Crippen MR) is 136 cm³/mol. The number of ether oxygens (including phenoxy) is 4. The van der Waals surface area contributed by atoms with Gasteiger partial charge in [0.05, 0.1) is 13.2 Å². The molecule has 1 N–H and O–H groups in total. The van der Waals surface area contributed by atoms with Crippen LogP contribution in [0.15, 0.2) is 24.3 Å².